The quantitative estimate of drug-likeness (QED) is 0.731. The molecule has 2 aromatic heterocycles. The maximum Gasteiger partial charge on any atom is 0.265 e. The molecule has 6 nitrogen and oxygen atoms in total. The number of carbonyl (C=O) groups excluding carboxylic acids is 1. The zero-order chi connectivity index (χ0) is 18.1. The van der Waals surface area contributed by atoms with E-state index >= 15 is 0 Å². The van der Waals surface area contributed by atoms with Crippen molar-refractivity contribution >= 4 is 22.5 Å². The zero-order valence-corrected chi connectivity index (χ0v) is 14.9. The Labute approximate surface area is 151 Å². The number of carbonyl (C=O) groups is 1. The van der Waals surface area contributed by atoms with E-state index in [1.807, 2.05) is 19.1 Å². The summed E-state index contributed by atoms with van der Waals surface area (Å²) in [6.45, 7) is 5.61. The maximum absolute atomic E-state index is 12.7. The third-order valence-corrected chi connectivity index (χ3v) is 4.95. The molecule has 0 spiro atoms. The van der Waals surface area contributed by atoms with Crippen LogP contribution in [0, 0.1) is 6.92 Å². The first-order valence-corrected chi connectivity index (χ1v) is 9.06. The second-order valence-electron chi connectivity index (χ2n) is 6.86. The average Bonchev–Trinajstić information content (AvgIpc) is 3.14. The third-order valence-electron chi connectivity index (χ3n) is 4.95. The van der Waals surface area contributed by atoms with E-state index in [0.717, 1.165) is 25.2 Å². The molecule has 0 aliphatic carbocycles. The summed E-state index contributed by atoms with van der Waals surface area (Å²) in [5.41, 5.74) is 2.31. The molecule has 26 heavy (non-hydrogen) atoms. The number of aryl methyl sites for hydroxylation is 1. The van der Waals surface area contributed by atoms with Crippen LogP contribution < -0.4 is 10.9 Å². The van der Waals surface area contributed by atoms with Gasteiger partial charge >= 0.3 is 0 Å². The van der Waals surface area contributed by atoms with Crippen LogP contribution in [0.15, 0.2) is 41.3 Å². The van der Waals surface area contributed by atoms with Crippen LogP contribution in [-0.4, -0.2) is 46.4 Å². The monoisotopic (exact) mass is 350 g/mol. The maximum atomic E-state index is 12.7. The number of pyridine rings is 1. The molecule has 1 N–H and O–H groups in total. The van der Waals surface area contributed by atoms with Crippen molar-refractivity contribution in [2.24, 2.45) is 0 Å². The molecule has 0 bridgehead atoms. The van der Waals surface area contributed by atoms with Gasteiger partial charge in [-0.25, -0.2) is 4.98 Å². The van der Waals surface area contributed by atoms with E-state index in [1.165, 1.54) is 17.2 Å². The van der Waals surface area contributed by atoms with Crippen molar-refractivity contribution in [3.05, 3.63) is 58.0 Å². The van der Waals surface area contributed by atoms with Gasteiger partial charge in [0.25, 0.3) is 11.5 Å². The first-order chi connectivity index (χ1) is 12.6. The van der Waals surface area contributed by atoms with Gasteiger partial charge in [0.15, 0.2) is 5.65 Å². The second kappa shape index (κ2) is 6.88. The summed E-state index contributed by atoms with van der Waals surface area (Å²) in [7, 11) is 0. The number of benzene rings is 1. The van der Waals surface area contributed by atoms with Gasteiger partial charge in [-0.15, -0.1) is 0 Å². The number of fused-ring (bicyclic) bond motifs is 2. The molecule has 1 fully saturated rings. The Morgan fingerprint density at radius 2 is 2.04 bits per heavy atom. The van der Waals surface area contributed by atoms with Crippen LogP contribution in [-0.2, 0) is 0 Å². The second-order valence-corrected chi connectivity index (χ2v) is 6.86. The number of nitrogens with one attached hydrogen (secondary N) is 1. The molecule has 1 saturated heterocycles. The SMILES string of the molecule is Cc1ccc2c(=O)n3cccc(C(=O)NCCN4CCCC4)c3nc2c1. The van der Waals surface area contributed by atoms with Crippen LogP contribution in [0.5, 0.6) is 0 Å². The summed E-state index contributed by atoms with van der Waals surface area (Å²) in [6, 6.07) is 8.99. The van der Waals surface area contributed by atoms with E-state index < -0.39 is 0 Å². The fourth-order valence-corrected chi connectivity index (χ4v) is 3.54. The third kappa shape index (κ3) is 3.08. The Hall–Kier alpha value is -2.73. The highest BCUT2D eigenvalue weighted by Crippen LogP contribution is 2.14. The highest BCUT2D eigenvalue weighted by atomic mass is 16.2. The van der Waals surface area contributed by atoms with Gasteiger partial charge in [0.05, 0.1) is 16.5 Å². The van der Waals surface area contributed by atoms with Crippen LogP contribution in [0.3, 0.4) is 0 Å². The van der Waals surface area contributed by atoms with Gasteiger partial charge in [-0.3, -0.25) is 14.0 Å². The topological polar surface area (TPSA) is 66.7 Å². The molecule has 0 unspecified atom stereocenters. The van der Waals surface area contributed by atoms with Crippen molar-refractivity contribution in [3.8, 4) is 0 Å². The lowest BCUT2D eigenvalue weighted by atomic mass is 10.1. The lowest BCUT2D eigenvalue weighted by Crippen LogP contribution is -2.34. The van der Waals surface area contributed by atoms with Crippen LogP contribution in [0.25, 0.3) is 16.6 Å². The summed E-state index contributed by atoms with van der Waals surface area (Å²) in [5.74, 6) is -0.193. The molecule has 0 saturated carbocycles. The van der Waals surface area contributed by atoms with Crippen molar-refractivity contribution in [1.29, 1.82) is 0 Å². The average molecular weight is 350 g/mol. The molecule has 3 heterocycles. The van der Waals surface area contributed by atoms with Crippen molar-refractivity contribution in [1.82, 2.24) is 19.6 Å². The number of rotatable bonds is 4. The lowest BCUT2D eigenvalue weighted by Gasteiger charge is -2.15. The minimum atomic E-state index is -0.193. The molecule has 4 rings (SSSR count). The van der Waals surface area contributed by atoms with Crippen LogP contribution >= 0.6 is 0 Å². The molecule has 3 aromatic rings. The van der Waals surface area contributed by atoms with Crippen LogP contribution in [0.2, 0.25) is 0 Å². The largest absolute Gasteiger partial charge is 0.351 e. The fraction of sp³-hybridized carbons (Fsp3) is 0.350. The van der Waals surface area contributed by atoms with Crippen molar-refractivity contribution < 1.29 is 4.79 Å². The minimum absolute atomic E-state index is 0.156. The number of amides is 1. The summed E-state index contributed by atoms with van der Waals surface area (Å²) < 4.78 is 1.45. The predicted molar refractivity (Wildman–Crippen MR) is 102 cm³/mol. The van der Waals surface area contributed by atoms with Crippen LogP contribution in [0.1, 0.15) is 28.8 Å². The Bertz CT molecular complexity index is 1040. The van der Waals surface area contributed by atoms with Gasteiger partial charge in [0, 0.05) is 19.3 Å². The van der Waals surface area contributed by atoms with Crippen molar-refractivity contribution in [3.63, 3.8) is 0 Å². The smallest absolute Gasteiger partial charge is 0.265 e. The Morgan fingerprint density at radius 1 is 1.23 bits per heavy atom. The van der Waals surface area contributed by atoms with Crippen LogP contribution in [0.4, 0.5) is 0 Å². The number of hydrogen-bond acceptors (Lipinski definition) is 4. The van der Waals surface area contributed by atoms with Gasteiger partial charge in [-0.05, 0) is 62.7 Å². The summed E-state index contributed by atoms with van der Waals surface area (Å²) in [5, 5.41) is 3.52. The number of hydrogen-bond donors (Lipinski definition) is 1. The van der Waals surface area contributed by atoms with Gasteiger partial charge in [-0.2, -0.15) is 0 Å². The van der Waals surface area contributed by atoms with Gasteiger partial charge < -0.3 is 10.2 Å². The Balaban J connectivity index is 1.67. The first kappa shape index (κ1) is 16.7. The van der Waals surface area contributed by atoms with Gasteiger partial charge in [-0.1, -0.05) is 6.07 Å². The Kier molecular flexibility index (Phi) is 4.42. The van der Waals surface area contributed by atoms with Crippen molar-refractivity contribution in [2.75, 3.05) is 26.2 Å². The fourth-order valence-electron chi connectivity index (χ4n) is 3.54. The predicted octanol–water partition coefficient (Wildman–Crippen LogP) is 1.98. The molecule has 6 heteroatoms. The molecule has 1 aliphatic rings. The molecule has 1 amide bonds. The molecule has 1 aromatic carbocycles. The number of likely N-dealkylation sites (tertiary alicyclic amines) is 1. The standard InChI is InChI=1S/C20H22N4O2/c1-14-6-7-15-17(13-14)22-18-16(5-4-11-24(18)20(15)26)19(25)21-8-12-23-9-2-3-10-23/h4-7,11,13H,2-3,8-10,12H2,1H3,(H,21,25). The minimum Gasteiger partial charge on any atom is -0.351 e. The van der Waals surface area contributed by atoms with E-state index in [0.29, 0.717) is 28.7 Å². The molecule has 0 atom stereocenters. The molecule has 1 aliphatic heterocycles. The molecule has 134 valence electrons. The zero-order valence-electron chi connectivity index (χ0n) is 14.9. The van der Waals surface area contributed by atoms with Crippen molar-refractivity contribution in [2.45, 2.75) is 19.8 Å². The van der Waals surface area contributed by atoms with E-state index in [-0.39, 0.29) is 11.5 Å². The van der Waals surface area contributed by atoms with E-state index in [1.54, 1.807) is 24.4 Å². The molecule has 0 radical (unpaired) electrons. The van der Waals surface area contributed by atoms with Gasteiger partial charge in [0.1, 0.15) is 0 Å². The molecular weight excluding hydrogens is 328 g/mol. The first-order valence-electron chi connectivity index (χ1n) is 9.06. The normalized spacial score (nSPS) is 15.0. The van der Waals surface area contributed by atoms with E-state index in [9.17, 15) is 9.59 Å². The number of aromatic nitrogens is 2. The highest BCUT2D eigenvalue weighted by Gasteiger charge is 2.15. The van der Waals surface area contributed by atoms with E-state index in [4.69, 9.17) is 0 Å². The molecular formula is C20H22N4O2. The Morgan fingerprint density at radius 3 is 2.85 bits per heavy atom. The lowest BCUT2D eigenvalue weighted by molar-refractivity contribution is 0.0951. The highest BCUT2D eigenvalue weighted by molar-refractivity contribution is 6.00. The number of nitrogens with zero attached hydrogens (tertiary/aromatic N) is 3. The summed E-state index contributed by atoms with van der Waals surface area (Å²) in [6.07, 6.45) is 4.12. The summed E-state index contributed by atoms with van der Waals surface area (Å²) >= 11 is 0. The van der Waals surface area contributed by atoms with E-state index in [2.05, 4.69) is 15.2 Å². The van der Waals surface area contributed by atoms with Gasteiger partial charge in [0.2, 0.25) is 0 Å². The summed E-state index contributed by atoms with van der Waals surface area (Å²) in [4.78, 5) is 32.4.